The number of hydrogen-bond acceptors (Lipinski definition) is 14. The first kappa shape index (κ1) is 89.2. The number of hydrogen-bond donors (Lipinski definition) is 3. The molecule has 7 aliphatic rings. The van der Waals surface area contributed by atoms with Gasteiger partial charge in [0.25, 0.3) is 0 Å². The van der Waals surface area contributed by atoms with Gasteiger partial charge in [-0.15, -0.1) is 0 Å². The molecule has 4 saturated heterocycles. The van der Waals surface area contributed by atoms with Crippen LogP contribution in [0.15, 0.2) is 0 Å². The minimum atomic E-state index is -5.22. The second-order valence-electron chi connectivity index (χ2n) is 32.2. The van der Waals surface area contributed by atoms with Crippen LogP contribution in [-0.4, -0.2) is 301 Å². The van der Waals surface area contributed by atoms with Crippen LogP contribution in [0.5, 0.6) is 0 Å². The highest BCUT2D eigenvalue weighted by Gasteiger charge is 2.56. The Labute approximate surface area is 635 Å². The number of alkyl halides is 8. The van der Waals surface area contributed by atoms with Gasteiger partial charge in [0, 0.05) is 81.5 Å². The second-order valence-corrected chi connectivity index (χ2v) is 32.2. The molecule has 2 unspecified atom stereocenters. The molecule has 109 heavy (non-hydrogen) atoms. The topological polar surface area (TPSA) is 289 Å². The number of rotatable bonds is 14. The highest BCUT2D eigenvalue weighted by Crippen LogP contribution is 2.46. The van der Waals surface area contributed by atoms with Gasteiger partial charge in [0.05, 0.1) is 44.7 Å². The third-order valence-corrected chi connectivity index (χ3v) is 24.2. The molecule has 618 valence electrons. The number of halogens is 8. The average Bonchev–Trinajstić information content (AvgIpc) is 1.47. The molecular formula is C75H118F8N12O14. The molecule has 34 heteroatoms. The predicted octanol–water partition coefficient (Wildman–Crippen LogP) is 5.81. The Morgan fingerprint density at radius 1 is 0.596 bits per heavy atom. The molecule has 0 radical (unpaired) electrons. The first-order valence-electron chi connectivity index (χ1n) is 39.1. The van der Waals surface area contributed by atoms with Gasteiger partial charge in [-0.1, -0.05) is 54.4 Å². The van der Waals surface area contributed by atoms with Gasteiger partial charge in [-0.2, -0.15) is 26.3 Å². The van der Waals surface area contributed by atoms with Crippen LogP contribution in [0, 0.1) is 41.4 Å². The Morgan fingerprint density at radius 2 is 1.21 bits per heavy atom. The van der Waals surface area contributed by atoms with Crippen molar-refractivity contribution < 1.29 is 102 Å². The minimum Gasteiger partial charge on any atom is -0.378 e. The summed E-state index contributed by atoms with van der Waals surface area (Å²) in [5.41, 5.74) is -1.72. The first-order chi connectivity index (χ1) is 51.1. The molecular weight excluding hydrogens is 1440 g/mol. The van der Waals surface area contributed by atoms with Crippen molar-refractivity contribution in [3.63, 3.8) is 0 Å². The molecule has 7 fully saturated rings. The van der Waals surface area contributed by atoms with E-state index in [1.54, 1.807) is 34.6 Å². The summed E-state index contributed by atoms with van der Waals surface area (Å²) in [6, 6.07) is -11.4. The standard InChI is InChI=1S/C75H118F8N12O14/c1-14-44(6)62-70(105)88(9)42-60(98)89(10)53-20-17-18-29-94(69(53)104)57(37-46-21-24-48(25-22-46)74(78,79)80)67(102)87(8)41-58(96)84-52(26-23-47-35-50(76)61(51(77)36-47)75(81,82)83)66(101)95-40-49(109-16-3)38-55(95)65(100)86-73(27-19-28-73)72(107)92(13)63(45(7)15-2)71(106)91(12)56(68(103)93-30-32-108-33-31-93)39-59(97)90(11)54(34-43(4)5)64(99)85-62/h43-57,61-63H,14-42H2,1-13H3,(H,84,96)(H,85,99)(H,86,100)/t44-,45+,46?,47?,48?,49+,50?,51?,52-,53-,54-,55-,56-,57-,61?,62-,63-/m0/s1. The third kappa shape index (κ3) is 21.8. The summed E-state index contributed by atoms with van der Waals surface area (Å²) < 4.78 is 127. The maximum Gasteiger partial charge on any atom is 0.397 e. The largest absolute Gasteiger partial charge is 0.397 e. The van der Waals surface area contributed by atoms with Crippen molar-refractivity contribution in [2.75, 3.05) is 101 Å². The van der Waals surface area contributed by atoms with E-state index in [1.807, 2.05) is 13.8 Å². The molecule has 26 nitrogen and oxygen atoms in total. The Kier molecular flexibility index (Phi) is 31.5. The number of fused-ring (bicyclic) bond motifs is 3. The zero-order valence-electron chi connectivity index (χ0n) is 65.7. The molecule has 0 aromatic carbocycles. The van der Waals surface area contributed by atoms with E-state index in [1.165, 1.54) is 57.0 Å². The van der Waals surface area contributed by atoms with Crippen molar-refractivity contribution in [1.29, 1.82) is 0 Å². The predicted molar refractivity (Wildman–Crippen MR) is 383 cm³/mol. The number of nitrogens with one attached hydrogen (secondary N) is 3. The van der Waals surface area contributed by atoms with Gasteiger partial charge in [0.1, 0.15) is 72.1 Å². The maximum atomic E-state index is 15.5. The Hall–Kier alpha value is -7.00. The third-order valence-electron chi connectivity index (χ3n) is 24.2. The molecule has 0 aromatic heterocycles. The van der Waals surface area contributed by atoms with Gasteiger partial charge >= 0.3 is 12.4 Å². The van der Waals surface area contributed by atoms with Gasteiger partial charge in [-0.25, -0.2) is 8.78 Å². The molecule has 4 aliphatic heterocycles. The Balaban J connectivity index is 1.32. The molecule has 3 saturated carbocycles. The molecule has 3 aliphatic carbocycles. The fourth-order valence-electron chi connectivity index (χ4n) is 16.9. The molecule has 0 aromatic rings. The molecule has 3 N–H and O–H groups in total. The SMILES string of the molecule is CCO[C@@H]1C[C@H]2C(=O)NC3(CCC3)C(=O)N(C)[C@@H]([C@H](C)CC)C(=O)N(C)[C@H](C(=O)N3CCOCC3)CC(=O)N(C)[C@@H](CC(C)C)C(=O)N[C@@H]([C@@H](C)CC)C(=O)N(C)CC(=O)N(C)[C@H]3CCCCN(C3=O)[C@@H](CC3CCC(C(F)(F)F)CC3)C(=O)N(C)CC(=O)N[C@@H](CCC3CC(F)C(C(F)(F)F)C(F)C3)C(=O)N2C1. The van der Waals surface area contributed by atoms with Crippen LogP contribution >= 0.6 is 0 Å². The number of morpholine rings is 1. The minimum absolute atomic E-state index is 0.00544. The van der Waals surface area contributed by atoms with Gasteiger partial charge in [0.2, 0.25) is 70.9 Å². The van der Waals surface area contributed by atoms with Crippen LogP contribution in [0.4, 0.5) is 35.1 Å². The summed E-state index contributed by atoms with van der Waals surface area (Å²) in [4.78, 5) is 192. The summed E-state index contributed by atoms with van der Waals surface area (Å²) in [5, 5.41) is 8.39. The fraction of sp³-hybridized carbons (Fsp3) is 0.840. The van der Waals surface area contributed by atoms with Crippen molar-refractivity contribution in [1.82, 2.24) is 60.0 Å². The zero-order valence-corrected chi connectivity index (χ0v) is 65.7. The number of ether oxygens (including phenoxy) is 2. The summed E-state index contributed by atoms with van der Waals surface area (Å²) in [6.07, 6.45) is -18.0. The Bertz CT molecular complexity index is 3200. The van der Waals surface area contributed by atoms with Crippen molar-refractivity contribution in [2.24, 2.45) is 41.4 Å². The van der Waals surface area contributed by atoms with E-state index in [-0.39, 0.29) is 129 Å². The zero-order chi connectivity index (χ0) is 81.1. The lowest BCUT2D eigenvalue weighted by Crippen LogP contribution is -2.68. The van der Waals surface area contributed by atoms with Crippen LogP contribution in [0.3, 0.4) is 0 Å². The number of likely N-dealkylation sites (N-methyl/N-ethyl adjacent to an activating group) is 6. The summed E-state index contributed by atoms with van der Waals surface area (Å²) >= 11 is 0. The van der Waals surface area contributed by atoms with Crippen LogP contribution < -0.4 is 16.0 Å². The number of carbonyl (C=O) groups excluding carboxylic acids is 12. The van der Waals surface area contributed by atoms with E-state index >= 15 is 42.3 Å². The lowest BCUT2D eigenvalue weighted by molar-refractivity contribution is -0.219. The van der Waals surface area contributed by atoms with E-state index in [2.05, 4.69) is 16.0 Å². The van der Waals surface area contributed by atoms with Crippen LogP contribution in [0.2, 0.25) is 0 Å². The molecule has 4 heterocycles. The van der Waals surface area contributed by atoms with E-state index in [4.69, 9.17) is 9.47 Å². The number of amides is 12. The lowest BCUT2D eigenvalue weighted by atomic mass is 9.74. The molecule has 13 atom stereocenters. The maximum absolute atomic E-state index is 15.5. The molecule has 7 rings (SSSR count). The van der Waals surface area contributed by atoms with E-state index in [0.717, 1.165) is 29.4 Å². The second kappa shape index (κ2) is 38.5. The van der Waals surface area contributed by atoms with Crippen LogP contribution in [0.25, 0.3) is 0 Å². The van der Waals surface area contributed by atoms with Gasteiger partial charge < -0.3 is 69.5 Å². The quantitative estimate of drug-likeness (QED) is 0.173. The van der Waals surface area contributed by atoms with Crippen LogP contribution in [0.1, 0.15) is 177 Å². The van der Waals surface area contributed by atoms with Crippen molar-refractivity contribution in [3.8, 4) is 0 Å². The first-order valence-corrected chi connectivity index (χ1v) is 39.1. The lowest BCUT2D eigenvalue weighted by Gasteiger charge is -2.46. The van der Waals surface area contributed by atoms with Gasteiger partial charge in [-0.3, -0.25) is 57.5 Å². The smallest absolute Gasteiger partial charge is 0.378 e. The van der Waals surface area contributed by atoms with E-state index in [0.29, 0.717) is 25.7 Å². The van der Waals surface area contributed by atoms with E-state index < -0.39 is 230 Å². The molecule has 12 amide bonds. The van der Waals surface area contributed by atoms with Crippen molar-refractivity contribution in [2.45, 2.75) is 262 Å². The summed E-state index contributed by atoms with van der Waals surface area (Å²) in [7, 11) is 7.98. The van der Waals surface area contributed by atoms with Crippen molar-refractivity contribution in [3.05, 3.63) is 0 Å². The van der Waals surface area contributed by atoms with Crippen LogP contribution in [-0.2, 0) is 67.0 Å². The van der Waals surface area contributed by atoms with Crippen molar-refractivity contribution >= 4 is 70.9 Å². The summed E-state index contributed by atoms with van der Waals surface area (Å²) in [6.45, 7) is 10.9. The number of nitrogens with zero attached hydrogens (tertiary/aromatic N) is 9. The fourth-order valence-corrected chi connectivity index (χ4v) is 16.9. The highest BCUT2D eigenvalue weighted by atomic mass is 19.4. The normalized spacial score (nSPS) is 31.8. The Morgan fingerprint density at radius 3 is 1.77 bits per heavy atom. The average molecular weight is 1560 g/mol. The van der Waals surface area contributed by atoms with Gasteiger partial charge in [0.15, 0.2) is 0 Å². The summed E-state index contributed by atoms with van der Waals surface area (Å²) in [5.74, 6) is -17.2. The molecule has 2 bridgehead atoms. The highest BCUT2D eigenvalue weighted by molar-refractivity contribution is 6.01. The van der Waals surface area contributed by atoms with Gasteiger partial charge in [-0.05, 0) is 139 Å². The molecule has 1 spiro atoms. The monoisotopic (exact) mass is 1560 g/mol. The number of carbonyl (C=O) groups is 12. The van der Waals surface area contributed by atoms with E-state index in [9.17, 15) is 50.3 Å².